The number of amides is 1. The number of benzene rings is 1. The summed E-state index contributed by atoms with van der Waals surface area (Å²) < 4.78 is 18.5. The third-order valence-electron chi connectivity index (χ3n) is 3.91. The Labute approximate surface area is 150 Å². The Morgan fingerprint density at radius 2 is 2.12 bits per heavy atom. The van der Waals surface area contributed by atoms with E-state index < -0.39 is 0 Å². The summed E-state index contributed by atoms with van der Waals surface area (Å²) in [6.45, 7) is 2.80. The molecule has 1 aromatic carbocycles. The lowest BCUT2D eigenvalue weighted by molar-refractivity contribution is -0.131. The number of aryl methyl sites for hydroxylation is 1. The monoisotopic (exact) mass is 354 g/mol. The summed E-state index contributed by atoms with van der Waals surface area (Å²) in [5, 5.41) is 3.89. The van der Waals surface area contributed by atoms with Crippen molar-refractivity contribution >= 4 is 5.91 Å². The predicted octanol–water partition coefficient (Wildman–Crippen LogP) is 3.25. The number of pyridine rings is 1. The van der Waals surface area contributed by atoms with Crippen LogP contribution in [0.15, 0.2) is 53.2 Å². The highest BCUT2D eigenvalue weighted by Crippen LogP contribution is 2.14. The minimum absolute atomic E-state index is 0.0469. The van der Waals surface area contributed by atoms with Gasteiger partial charge in [-0.15, -0.1) is 0 Å². The number of aromatic nitrogens is 3. The molecule has 0 spiro atoms. The molecule has 0 atom stereocenters. The van der Waals surface area contributed by atoms with Crippen molar-refractivity contribution in [1.82, 2.24) is 20.0 Å². The van der Waals surface area contributed by atoms with Gasteiger partial charge in [-0.05, 0) is 36.8 Å². The van der Waals surface area contributed by atoms with Crippen molar-refractivity contribution in [2.24, 2.45) is 0 Å². The molecule has 0 radical (unpaired) electrons. The number of carbonyl (C=O) groups is 1. The molecule has 0 unspecified atom stereocenters. The van der Waals surface area contributed by atoms with Crippen molar-refractivity contribution in [3.05, 3.63) is 65.9 Å². The first kappa shape index (κ1) is 17.7. The molecule has 0 aliphatic heterocycles. The number of nitrogens with zero attached hydrogens (tertiary/aromatic N) is 4. The molecule has 0 N–H and O–H groups in total. The van der Waals surface area contributed by atoms with E-state index in [4.69, 9.17) is 4.52 Å². The van der Waals surface area contributed by atoms with Crippen LogP contribution in [-0.4, -0.2) is 32.5 Å². The van der Waals surface area contributed by atoms with Crippen molar-refractivity contribution in [3.63, 3.8) is 0 Å². The second kappa shape index (κ2) is 8.33. The highest BCUT2D eigenvalue weighted by atomic mass is 19.1. The van der Waals surface area contributed by atoms with Crippen molar-refractivity contribution in [2.75, 3.05) is 6.54 Å². The molecular weight excluding hydrogens is 335 g/mol. The summed E-state index contributed by atoms with van der Waals surface area (Å²) in [5.74, 6) is 0.439. The van der Waals surface area contributed by atoms with E-state index in [-0.39, 0.29) is 18.1 Å². The maximum atomic E-state index is 13.3. The number of hydrogen-bond acceptors (Lipinski definition) is 5. The van der Waals surface area contributed by atoms with Crippen molar-refractivity contribution < 1.29 is 13.7 Å². The van der Waals surface area contributed by atoms with Crippen LogP contribution >= 0.6 is 0 Å². The van der Waals surface area contributed by atoms with Gasteiger partial charge in [-0.1, -0.05) is 23.4 Å². The Morgan fingerprint density at radius 1 is 1.23 bits per heavy atom. The summed E-state index contributed by atoms with van der Waals surface area (Å²) in [7, 11) is 0. The Balaban J connectivity index is 1.58. The molecule has 6 nitrogen and oxygen atoms in total. The Hall–Kier alpha value is -3.09. The van der Waals surface area contributed by atoms with Crippen LogP contribution in [0.5, 0.6) is 0 Å². The van der Waals surface area contributed by atoms with E-state index in [0.717, 1.165) is 5.56 Å². The highest BCUT2D eigenvalue weighted by Gasteiger charge is 2.15. The Morgan fingerprint density at radius 3 is 2.85 bits per heavy atom. The number of rotatable bonds is 7. The van der Waals surface area contributed by atoms with Crippen LogP contribution in [0.3, 0.4) is 0 Å². The predicted molar refractivity (Wildman–Crippen MR) is 93.3 cm³/mol. The zero-order valence-electron chi connectivity index (χ0n) is 14.4. The van der Waals surface area contributed by atoms with Crippen LogP contribution in [-0.2, 0) is 17.8 Å². The first-order valence-electron chi connectivity index (χ1n) is 8.42. The highest BCUT2D eigenvalue weighted by molar-refractivity contribution is 5.76. The molecule has 0 aliphatic rings. The minimum Gasteiger partial charge on any atom is -0.339 e. The number of carbonyl (C=O) groups excluding carboxylic acids is 1. The second-order valence-electron chi connectivity index (χ2n) is 5.76. The molecule has 2 aromatic heterocycles. The van der Waals surface area contributed by atoms with E-state index in [9.17, 15) is 9.18 Å². The second-order valence-corrected chi connectivity index (χ2v) is 5.76. The summed E-state index contributed by atoms with van der Waals surface area (Å²) in [6.07, 6.45) is 2.24. The largest absolute Gasteiger partial charge is 0.339 e. The lowest BCUT2D eigenvalue weighted by Gasteiger charge is -2.20. The van der Waals surface area contributed by atoms with Crippen LogP contribution < -0.4 is 0 Å². The van der Waals surface area contributed by atoms with Crippen LogP contribution in [0.4, 0.5) is 4.39 Å². The van der Waals surface area contributed by atoms with Crippen LogP contribution in [0.1, 0.15) is 24.8 Å². The summed E-state index contributed by atoms with van der Waals surface area (Å²) in [4.78, 5) is 22.5. The number of halogens is 1. The lowest BCUT2D eigenvalue weighted by atomic mass is 10.2. The average Bonchev–Trinajstić information content (AvgIpc) is 3.14. The number of hydrogen-bond donors (Lipinski definition) is 0. The van der Waals surface area contributed by atoms with Gasteiger partial charge in [0.05, 0.1) is 0 Å². The fourth-order valence-corrected chi connectivity index (χ4v) is 2.56. The third-order valence-corrected chi connectivity index (χ3v) is 3.91. The fourth-order valence-electron chi connectivity index (χ4n) is 2.56. The maximum absolute atomic E-state index is 13.3. The average molecular weight is 354 g/mol. The molecule has 134 valence electrons. The topological polar surface area (TPSA) is 72.1 Å². The molecule has 3 aromatic rings. The zero-order valence-corrected chi connectivity index (χ0v) is 14.4. The van der Waals surface area contributed by atoms with Gasteiger partial charge in [0.2, 0.25) is 17.6 Å². The lowest BCUT2D eigenvalue weighted by Crippen LogP contribution is -2.30. The maximum Gasteiger partial charge on any atom is 0.227 e. The van der Waals surface area contributed by atoms with Crippen molar-refractivity contribution in [1.29, 1.82) is 0 Å². The molecule has 0 saturated carbocycles. The quantitative estimate of drug-likeness (QED) is 0.651. The van der Waals surface area contributed by atoms with Gasteiger partial charge < -0.3 is 9.42 Å². The van der Waals surface area contributed by atoms with Crippen LogP contribution in [0.2, 0.25) is 0 Å². The van der Waals surface area contributed by atoms with Crippen molar-refractivity contribution in [3.8, 4) is 11.5 Å². The van der Waals surface area contributed by atoms with Gasteiger partial charge in [0.25, 0.3) is 0 Å². The molecule has 0 fully saturated rings. The van der Waals surface area contributed by atoms with Gasteiger partial charge in [0.1, 0.15) is 11.5 Å². The first-order valence-corrected chi connectivity index (χ1v) is 8.42. The van der Waals surface area contributed by atoms with E-state index in [2.05, 4.69) is 15.1 Å². The molecule has 7 heteroatoms. The minimum atomic E-state index is -0.307. The smallest absolute Gasteiger partial charge is 0.227 e. The van der Waals surface area contributed by atoms with E-state index in [1.807, 2.05) is 13.0 Å². The molecular formula is C19H19FN4O2. The summed E-state index contributed by atoms with van der Waals surface area (Å²) in [5.41, 5.74) is 1.38. The fraction of sp³-hybridized carbons (Fsp3) is 0.263. The van der Waals surface area contributed by atoms with Gasteiger partial charge in [0.15, 0.2) is 0 Å². The van der Waals surface area contributed by atoms with E-state index in [1.54, 1.807) is 35.4 Å². The Bertz CT molecular complexity index is 867. The van der Waals surface area contributed by atoms with Gasteiger partial charge in [0, 0.05) is 32.1 Å². The molecule has 26 heavy (non-hydrogen) atoms. The third kappa shape index (κ3) is 4.50. The molecule has 1 amide bonds. The normalized spacial score (nSPS) is 10.7. The summed E-state index contributed by atoms with van der Waals surface area (Å²) >= 11 is 0. The summed E-state index contributed by atoms with van der Waals surface area (Å²) in [6, 6.07) is 11.7. The molecule has 0 aliphatic carbocycles. The molecule has 2 heterocycles. The molecule has 3 rings (SSSR count). The molecule has 0 bridgehead atoms. The molecule has 0 saturated heterocycles. The van der Waals surface area contributed by atoms with Crippen LogP contribution in [0, 0.1) is 5.82 Å². The first-order chi connectivity index (χ1) is 12.7. The van der Waals surface area contributed by atoms with E-state index >= 15 is 0 Å². The van der Waals surface area contributed by atoms with E-state index in [0.29, 0.717) is 36.9 Å². The van der Waals surface area contributed by atoms with Crippen LogP contribution in [0.25, 0.3) is 11.5 Å². The van der Waals surface area contributed by atoms with Crippen molar-refractivity contribution in [2.45, 2.75) is 26.3 Å². The SMILES string of the molecule is CCN(Cc1cccc(F)c1)C(=O)CCc1nc(-c2ccccn2)no1. The van der Waals surface area contributed by atoms with Gasteiger partial charge >= 0.3 is 0 Å². The zero-order chi connectivity index (χ0) is 18.4. The van der Waals surface area contributed by atoms with Gasteiger partial charge in [-0.25, -0.2) is 4.39 Å². The Kier molecular flexibility index (Phi) is 5.68. The van der Waals surface area contributed by atoms with E-state index in [1.165, 1.54) is 12.1 Å². The van der Waals surface area contributed by atoms with Gasteiger partial charge in [-0.3, -0.25) is 9.78 Å². The van der Waals surface area contributed by atoms with Gasteiger partial charge in [-0.2, -0.15) is 4.98 Å². The standard InChI is InChI=1S/C19H19FN4O2/c1-2-24(13-14-6-5-7-15(20)12-14)18(25)10-9-17-22-19(23-26-17)16-8-3-4-11-21-16/h3-8,11-12H,2,9-10,13H2,1H3.